The monoisotopic (exact) mass is 398 g/mol. The fourth-order valence-electron chi connectivity index (χ4n) is 4.42. The van der Waals surface area contributed by atoms with Crippen molar-refractivity contribution in [2.75, 3.05) is 18.4 Å². The second kappa shape index (κ2) is 7.86. The molecule has 2 aromatic rings. The lowest BCUT2D eigenvalue weighted by molar-refractivity contribution is -0.116. The zero-order valence-electron chi connectivity index (χ0n) is 16.6. The van der Waals surface area contributed by atoms with E-state index in [1.54, 1.807) is 12.1 Å². The molecule has 1 amide bonds. The molecule has 0 bridgehead atoms. The molecule has 29 heavy (non-hydrogen) atoms. The first-order valence-electron chi connectivity index (χ1n) is 10.2. The minimum absolute atomic E-state index is 0.0288. The summed E-state index contributed by atoms with van der Waals surface area (Å²) >= 11 is 0. The number of fused-ring (bicyclic) bond motifs is 1. The highest BCUT2D eigenvalue weighted by atomic mass is 19.1. The molecule has 6 heteroatoms. The zero-order valence-corrected chi connectivity index (χ0v) is 16.6. The quantitative estimate of drug-likeness (QED) is 0.740. The lowest BCUT2D eigenvalue weighted by Gasteiger charge is -2.42. The molecule has 0 radical (unpaired) electrons. The molecule has 2 aliphatic rings. The molecule has 0 aromatic heterocycles. The Labute approximate surface area is 170 Å². The molecule has 0 spiro atoms. The van der Waals surface area contributed by atoms with Crippen LogP contribution in [0.15, 0.2) is 42.5 Å². The third-order valence-corrected chi connectivity index (χ3v) is 6.41. The van der Waals surface area contributed by atoms with Gasteiger partial charge in [-0.15, -0.1) is 0 Å². The van der Waals surface area contributed by atoms with E-state index in [9.17, 15) is 19.4 Å². The van der Waals surface area contributed by atoms with Crippen LogP contribution in [0.5, 0.6) is 0 Å². The van der Waals surface area contributed by atoms with Crippen LogP contribution < -0.4 is 5.32 Å². The smallest absolute Gasteiger partial charge is 0.224 e. The van der Waals surface area contributed by atoms with E-state index >= 15 is 0 Å². The first kappa shape index (κ1) is 20.0. The predicted octanol–water partition coefficient (Wildman–Crippen LogP) is 3.12. The highest BCUT2D eigenvalue weighted by Gasteiger charge is 2.36. The van der Waals surface area contributed by atoms with E-state index < -0.39 is 11.7 Å². The Hall–Kier alpha value is -2.28. The Bertz CT molecular complexity index is 891. The topological polar surface area (TPSA) is 72.8 Å². The summed E-state index contributed by atoms with van der Waals surface area (Å²) in [4.78, 5) is 13.7. The minimum Gasteiger partial charge on any atom is -0.387 e. The van der Waals surface area contributed by atoms with Crippen molar-refractivity contribution in [3.05, 3.63) is 65.0 Å². The van der Waals surface area contributed by atoms with E-state index in [1.807, 2.05) is 25.1 Å². The fraction of sp³-hybridized carbons (Fsp3) is 0.435. The van der Waals surface area contributed by atoms with Gasteiger partial charge in [-0.25, -0.2) is 4.39 Å². The van der Waals surface area contributed by atoms with Crippen molar-refractivity contribution in [1.29, 1.82) is 0 Å². The Balaban J connectivity index is 1.42. The minimum atomic E-state index is -0.959. The highest BCUT2D eigenvalue weighted by Crippen LogP contribution is 2.35. The Kier molecular flexibility index (Phi) is 5.42. The first-order valence-corrected chi connectivity index (χ1v) is 10.2. The van der Waals surface area contributed by atoms with Crippen molar-refractivity contribution >= 4 is 11.6 Å². The maximum absolute atomic E-state index is 13.2. The number of piperidine rings is 1. The van der Waals surface area contributed by atoms with E-state index in [1.165, 1.54) is 12.1 Å². The second-order valence-electron chi connectivity index (χ2n) is 8.22. The van der Waals surface area contributed by atoms with Gasteiger partial charge in [-0.2, -0.15) is 0 Å². The van der Waals surface area contributed by atoms with Gasteiger partial charge in [0, 0.05) is 31.2 Å². The summed E-state index contributed by atoms with van der Waals surface area (Å²) in [6.07, 6.45) is 1.56. The van der Waals surface area contributed by atoms with Gasteiger partial charge in [0.15, 0.2) is 0 Å². The second-order valence-corrected chi connectivity index (χ2v) is 8.22. The number of hydrogen-bond donors (Lipinski definition) is 3. The molecular weight excluding hydrogens is 371 g/mol. The van der Waals surface area contributed by atoms with Crippen molar-refractivity contribution in [2.24, 2.45) is 0 Å². The molecule has 4 rings (SSSR count). The van der Waals surface area contributed by atoms with Crippen molar-refractivity contribution < 1.29 is 19.4 Å². The third kappa shape index (κ3) is 4.06. The number of halogens is 1. The number of hydrogen-bond acceptors (Lipinski definition) is 4. The van der Waals surface area contributed by atoms with Crippen molar-refractivity contribution in [3.63, 3.8) is 0 Å². The molecule has 0 unspecified atom stereocenters. The number of amides is 1. The van der Waals surface area contributed by atoms with E-state index in [0.717, 1.165) is 22.4 Å². The van der Waals surface area contributed by atoms with Crippen molar-refractivity contribution in [2.45, 2.75) is 50.4 Å². The van der Waals surface area contributed by atoms with Crippen LogP contribution in [0.2, 0.25) is 0 Å². The van der Waals surface area contributed by atoms with Gasteiger partial charge >= 0.3 is 0 Å². The summed E-state index contributed by atoms with van der Waals surface area (Å²) in [5.41, 5.74) is 2.50. The molecular formula is C23H27FN2O3. The normalized spacial score (nSPS) is 21.2. The molecule has 2 heterocycles. The maximum Gasteiger partial charge on any atom is 0.224 e. The van der Waals surface area contributed by atoms with Crippen LogP contribution in [0.4, 0.5) is 10.1 Å². The van der Waals surface area contributed by atoms with Crippen LogP contribution in [0, 0.1) is 5.82 Å². The van der Waals surface area contributed by atoms with Gasteiger partial charge in [0.2, 0.25) is 5.91 Å². The number of aliphatic hydroxyl groups excluding tert-OH is 1. The molecule has 2 aromatic carbocycles. The summed E-state index contributed by atoms with van der Waals surface area (Å²) in [5.74, 6) is -0.280. The molecule has 3 N–H and O–H groups in total. The Morgan fingerprint density at radius 2 is 1.79 bits per heavy atom. The van der Waals surface area contributed by atoms with Gasteiger partial charge in [-0.05, 0) is 61.1 Å². The average Bonchev–Trinajstić information content (AvgIpc) is 2.73. The highest BCUT2D eigenvalue weighted by molar-refractivity contribution is 5.93. The lowest BCUT2D eigenvalue weighted by atomic mass is 9.83. The van der Waals surface area contributed by atoms with Crippen LogP contribution in [0.1, 0.15) is 49.0 Å². The van der Waals surface area contributed by atoms with Gasteiger partial charge in [0.25, 0.3) is 0 Å². The van der Waals surface area contributed by atoms with Crippen molar-refractivity contribution in [1.82, 2.24) is 4.90 Å². The van der Waals surface area contributed by atoms with Crippen LogP contribution in [-0.4, -0.2) is 40.2 Å². The SMILES string of the molecule is C[C@H]([C@H](O)c1ccc2c(c1)CCC(=O)N2)N1CCC(O)(c2ccc(F)cc2)CC1. The Morgan fingerprint density at radius 3 is 2.48 bits per heavy atom. The molecule has 0 aliphatic carbocycles. The van der Waals surface area contributed by atoms with Crippen LogP contribution in [-0.2, 0) is 16.8 Å². The number of anilines is 1. The summed E-state index contributed by atoms with van der Waals surface area (Å²) in [6, 6.07) is 11.7. The molecule has 1 fully saturated rings. The van der Waals surface area contributed by atoms with Gasteiger partial charge in [0.05, 0.1) is 11.7 Å². The van der Waals surface area contributed by atoms with Gasteiger partial charge in [-0.1, -0.05) is 24.3 Å². The van der Waals surface area contributed by atoms with E-state index in [4.69, 9.17) is 0 Å². The molecule has 2 aliphatic heterocycles. The number of aryl methyl sites for hydroxylation is 1. The lowest BCUT2D eigenvalue weighted by Crippen LogP contribution is -2.47. The predicted molar refractivity (Wildman–Crippen MR) is 109 cm³/mol. The number of carbonyl (C=O) groups excluding carboxylic acids is 1. The number of aliphatic hydroxyl groups is 2. The van der Waals surface area contributed by atoms with Crippen LogP contribution in [0.3, 0.4) is 0 Å². The molecule has 1 saturated heterocycles. The van der Waals surface area contributed by atoms with Gasteiger partial charge in [0.1, 0.15) is 5.82 Å². The van der Waals surface area contributed by atoms with E-state index in [-0.39, 0.29) is 17.8 Å². The number of benzene rings is 2. The zero-order chi connectivity index (χ0) is 20.6. The first-order chi connectivity index (χ1) is 13.9. The Morgan fingerprint density at radius 1 is 1.10 bits per heavy atom. The number of likely N-dealkylation sites (tertiary alicyclic amines) is 1. The van der Waals surface area contributed by atoms with Gasteiger partial charge in [-0.3, -0.25) is 9.69 Å². The van der Waals surface area contributed by atoms with Crippen LogP contribution in [0.25, 0.3) is 0 Å². The molecule has 5 nitrogen and oxygen atoms in total. The van der Waals surface area contributed by atoms with Crippen molar-refractivity contribution in [3.8, 4) is 0 Å². The standard InChI is InChI=1S/C23H27FN2O3/c1-15(22(28)17-2-8-20-16(14-17)3-9-21(27)25-20)26-12-10-23(29,11-13-26)18-4-6-19(24)7-5-18/h2,4-8,14-15,22,28-29H,3,9-13H2,1H3,(H,25,27)/t15-,22+/m1/s1. The summed E-state index contributed by atoms with van der Waals surface area (Å²) in [6.45, 7) is 3.29. The largest absolute Gasteiger partial charge is 0.387 e. The van der Waals surface area contributed by atoms with Crippen LogP contribution >= 0.6 is 0 Å². The summed E-state index contributed by atoms with van der Waals surface area (Å²) in [7, 11) is 0. The number of nitrogens with zero attached hydrogens (tertiary/aromatic N) is 1. The average molecular weight is 398 g/mol. The fourth-order valence-corrected chi connectivity index (χ4v) is 4.42. The molecule has 154 valence electrons. The summed E-state index contributed by atoms with van der Waals surface area (Å²) < 4.78 is 13.2. The third-order valence-electron chi connectivity index (χ3n) is 6.41. The van der Waals surface area contributed by atoms with Gasteiger partial charge < -0.3 is 15.5 Å². The number of nitrogens with one attached hydrogen (secondary N) is 1. The maximum atomic E-state index is 13.2. The van der Waals surface area contributed by atoms with E-state index in [0.29, 0.717) is 38.8 Å². The molecule has 2 atom stereocenters. The number of carbonyl (C=O) groups is 1. The molecule has 0 saturated carbocycles. The number of rotatable bonds is 4. The van der Waals surface area contributed by atoms with E-state index in [2.05, 4.69) is 10.2 Å². The summed E-state index contributed by atoms with van der Waals surface area (Å²) in [5, 5.41) is 24.8.